The van der Waals surface area contributed by atoms with Crippen LogP contribution < -0.4 is 5.32 Å². The maximum Gasteiger partial charge on any atom is 0.292 e. The van der Waals surface area contributed by atoms with Gasteiger partial charge in [-0.1, -0.05) is 57.5 Å². The minimum absolute atomic E-state index is 0.0494. The van der Waals surface area contributed by atoms with Crippen molar-refractivity contribution in [2.45, 2.75) is 39.7 Å². The lowest BCUT2D eigenvalue weighted by Crippen LogP contribution is -2.37. The molecule has 0 radical (unpaired) electrons. The summed E-state index contributed by atoms with van der Waals surface area (Å²) in [5.41, 5.74) is 2.11. The SMILES string of the molecule is CCC.CNCC(=O)N1CC(C)CC1c1ncc(-c2ccccc2)[nH]1.COC=O. The van der Waals surface area contributed by atoms with Gasteiger partial charge in [0.25, 0.3) is 6.47 Å². The van der Waals surface area contributed by atoms with E-state index in [9.17, 15) is 4.79 Å². The molecule has 7 nitrogen and oxygen atoms in total. The van der Waals surface area contributed by atoms with Gasteiger partial charge >= 0.3 is 0 Å². The number of ether oxygens (including phenoxy) is 1. The van der Waals surface area contributed by atoms with E-state index in [2.05, 4.69) is 52.9 Å². The number of methoxy groups -OCH3 is 1. The van der Waals surface area contributed by atoms with Crippen LogP contribution in [0.5, 0.6) is 0 Å². The molecule has 0 aliphatic carbocycles. The number of carbonyl (C=O) groups excluding carboxylic acids is 2. The molecule has 1 fully saturated rings. The standard InChI is InChI=1S/C17H22N4O.C3H8.C2H4O2/c1-12-8-15(21(11-12)16(22)10-18-2)17-19-9-14(20-17)13-6-4-3-5-7-13;1-3-2;1-4-2-3/h3-7,9,12,15,18H,8,10-11H2,1-2H3,(H,19,20);3H2,1-2H3;2H,1H3. The van der Waals surface area contributed by atoms with Crippen LogP contribution in [0.25, 0.3) is 11.3 Å². The minimum atomic E-state index is 0.0494. The van der Waals surface area contributed by atoms with E-state index in [1.807, 2.05) is 29.3 Å². The van der Waals surface area contributed by atoms with Gasteiger partial charge in [0.2, 0.25) is 5.91 Å². The van der Waals surface area contributed by atoms with Crippen LogP contribution in [0.2, 0.25) is 0 Å². The highest BCUT2D eigenvalue weighted by Crippen LogP contribution is 2.34. The van der Waals surface area contributed by atoms with Crippen molar-refractivity contribution in [2.75, 3.05) is 27.2 Å². The molecule has 2 aromatic rings. The number of amides is 1. The zero-order chi connectivity index (χ0) is 21.6. The Bertz CT molecular complexity index is 718. The summed E-state index contributed by atoms with van der Waals surface area (Å²) in [6.45, 7) is 7.97. The lowest BCUT2D eigenvalue weighted by atomic mass is 10.1. The van der Waals surface area contributed by atoms with Crippen molar-refractivity contribution in [3.8, 4) is 11.3 Å². The number of nitrogens with zero attached hydrogens (tertiary/aromatic N) is 2. The maximum atomic E-state index is 12.3. The summed E-state index contributed by atoms with van der Waals surface area (Å²) in [6, 6.07) is 10.2. The second-order valence-corrected chi connectivity index (χ2v) is 7.02. The van der Waals surface area contributed by atoms with Crippen molar-refractivity contribution >= 4 is 12.4 Å². The van der Waals surface area contributed by atoms with Crippen LogP contribution in [-0.2, 0) is 14.3 Å². The Labute approximate surface area is 173 Å². The van der Waals surface area contributed by atoms with Crippen molar-refractivity contribution in [2.24, 2.45) is 5.92 Å². The lowest BCUT2D eigenvalue weighted by molar-refractivity contribution is -0.131. The Hall–Kier alpha value is -2.67. The molecule has 1 aromatic heterocycles. The molecular weight excluding hydrogens is 368 g/mol. The third-order valence-corrected chi connectivity index (χ3v) is 4.25. The van der Waals surface area contributed by atoms with E-state index in [0.29, 0.717) is 18.9 Å². The normalized spacial score (nSPS) is 17.5. The maximum absolute atomic E-state index is 12.3. The Kier molecular flexibility index (Phi) is 11.3. The van der Waals surface area contributed by atoms with E-state index in [1.165, 1.54) is 13.5 Å². The highest BCUT2D eigenvalue weighted by molar-refractivity contribution is 5.79. The van der Waals surface area contributed by atoms with Gasteiger partial charge in [0.15, 0.2) is 0 Å². The Morgan fingerprint density at radius 2 is 1.97 bits per heavy atom. The van der Waals surface area contributed by atoms with Gasteiger partial charge in [0.1, 0.15) is 5.82 Å². The number of benzene rings is 1. The summed E-state index contributed by atoms with van der Waals surface area (Å²) < 4.78 is 3.86. The highest BCUT2D eigenvalue weighted by Gasteiger charge is 2.35. The van der Waals surface area contributed by atoms with Gasteiger partial charge < -0.3 is 19.9 Å². The molecule has 1 aliphatic heterocycles. The van der Waals surface area contributed by atoms with E-state index < -0.39 is 0 Å². The van der Waals surface area contributed by atoms with Crippen molar-refractivity contribution in [1.82, 2.24) is 20.2 Å². The van der Waals surface area contributed by atoms with E-state index in [-0.39, 0.29) is 11.9 Å². The molecule has 0 spiro atoms. The predicted molar refractivity (Wildman–Crippen MR) is 115 cm³/mol. The van der Waals surface area contributed by atoms with E-state index in [0.717, 1.165) is 30.0 Å². The number of likely N-dealkylation sites (N-methyl/N-ethyl adjacent to an activating group) is 1. The first-order chi connectivity index (χ1) is 14.0. The largest absolute Gasteiger partial charge is 0.471 e. The fraction of sp³-hybridized carbons (Fsp3) is 0.500. The molecule has 0 saturated carbocycles. The van der Waals surface area contributed by atoms with Gasteiger partial charge in [-0.15, -0.1) is 0 Å². The number of carbonyl (C=O) groups is 2. The van der Waals surface area contributed by atoms with E-state index in [4.69, 9.17) is 4.79 Å². The van der Waals surface area contributed by atoms with Gasteiger partial charge in [-0.2, -0.15) is 0 Å². The molecule has 1 aliphatic rings. The van der Waals surface area contributed by atoms with Crippen LogP contribution in [0.15, 0.2) is 36.5 Å². The minimum Gasteiger partial charge on any atom is -0.471 e. The summed E-state index contributed by atoms with van der Waals surface area (Å²) in [5.74, 6) is 1.51. The summed E-state index contributed by atoms with van der Waals surface area (Å²) in [6.07, 6.45) is 4.06. The molecule has 1 saturated heterocycles. The molecule has 7 heteroatoms. The van der Waals surface area contributed by atoms with Crippen molar-refractivity contribution < 1.29 is 14.3 Å². The summed E-state index contributed by atoms with van der Waals surface area (Å²) in [5, 5.41) is 2.94. The van der Waals surface area contributed by atoms with Crippen LogP contribution in [0, 0.1) is 5.92 Å². The van der Waals surface area contributed by atoms with Crippen LogP contribution >= 0.6 is 0 Å². The van der Waals surface area contributed by atoms with E-state index >= 15 is 0 Å². The number of imidazole rings is 1. The summed E-state index contributed by atoms with van der Waals surface area (Å²) >= 11 is 0. The van der Waals surface area contributed by atoms with Gasteiger partial charge in [0.05, 0.1) is 31.6 Å². The smallest absolute Gasteiger partial charge is 0.292 e. The highest BCUT2D eigenvalue weighted by atomic mass is 16.5. The lowest BCUT2D eigenvalue weighted by Gasteiger charge is -2.23. The van der Waals surface area contributed by atoms with Crippen LogP contribution in [-0.4, -0.2) is 54.5 Å². The number of likely N-dealkylation sites (tertiary alicyclic amines) is 1. The molecule has 2 unspecified atom stereocenters. The predicted octanol–water partition coefficient (Wildman–Crippen LogP) is 3.41. The number of H-pyrrole nitrogens is 1. The van der Waals surface area contributed by atoms with Crippen LogP contribution in [0.4, 0.5) is 0 Å². The summed E-state index contributed by atoms with van der Waals surface area (Å²) in [4.78, 5) is 31.1. The number of hydrogen-bond acceptors (Lipinski definition) is 5. The topological polar surface area (TPSA) is 87.3 Å². The second kappa shape index (κ2) is 13.5. The van der Waals surface area contributed by atoms with Gasteiger partial charge in [-0.25, -0.2) is 4.98 Å². The molecule has 2 heterocycles. The van der Waals surface area contributed by atoms with Gasteiger partial charge in [0, 0.05) is 6.54 Å². The Morgan fingerprint density at radius 1 is 1.34 bits per heavy atom. The molecule has 0 bridgehead atoms. The Balaban J connectivity index is 0.000000526. The zero-order valence-corrected chi connectivity index (χ0v) is 18.1. The zero-order valence-electron chi connectivity index (χ0n) is 18.1. The monoisotopic (exact) mass is 402 g/mol. The molecule has 1 aromatic carbocycles. The first-order valence-corrected chi connectivity index (χ1v) is 10.0. The van der Waals surface area contributed by atoms with Crippen LogP contribution in [0.1, 0.15) is 45.5 Å². The number of aromatic nitrogens is 2. The molecule has 2 N–H and O–H groups in total. The molecule has 2 atom stereocenters. The number of hydrogen-bond donors (Lipinski definition) is 2. The third-order valence-electron chi connectivity index (χ3n) is 4.25. The van der Waals surface area contributed by atoms with Crippen molar-refractivity contribution in [3.63, 3.8) is 0 Å². The van der Waals surface area contributed by atoms with Crippen molar-refractivity contribution in [3.05, 3.63) is 42.4 Å². The Morgan fingerprint density at radius 3 is 2.52 bits per heavy atom. The first kappa shape index (κ1) is 24.4. The summed E-state index contributed by atoms with van der Waals surface area (Å²) in [7, 11) is 3.11. The quantitative estimate of drug-likeness (QED) is 0.749. The number of rotatable bonds is 5. The van der Waals surface area contributed by atoms with Gasteiger partial charge in [-0.3, -0.25) is 9.59 Å². The fourth-order valence-electron chi connectivity index (χ4n) is 3.10. The first-order valence-electron chi connectivity index (χ1n) is 10.0. The molecule has 1 amide bonds. The molecule has 3 rings (SSSR count). The average molecular weight is 403 g/mol. The van der Waals surface area contributed by atoms with Crippen LogP contribution in [0.3, 0.4) is 0 Å². The molecule has 29 heavy (non-hydrogen) atoms. The molecule has 160 valence electrons. The number of nitrogens with one attached hydrogen (secondary N) is 2. The van der Waals surface area contributed by atoms with Gasteiger partial charge in [-0.05, 0) is 24.9 Å². The average Bonchev–Trinajstić information content (AvgIpc) is 3.36. The van der Waals surface area contributed by atoms with E-state index in [1.54, 1.807) is 7.05 Å². The third kappa shape index (κ3) is 7.69. The second-order valence-electron chi connectivity index (χ2n) is 7.02. The van der Waals surface area contributed by atoms with Crippen molar-refractivity contribution in [1.29, 1.82) is 0 Å². The number of aromatic amines is 1. The molecular formula is C22H34N4O3. The fourth-order valence-corrected chi connectivity index (χ4v) is 3.10.